The van der Waals surface area contributed by atoms with Gasteiger partial charge in [-0.25, -0.2) is 4.98 Å². The van der Waals surface area contributed by atoms with Crippen molar-refractivity contribution in [3.63, 3.8) is 0 Å². The molecule has 0 bridgehead atoms. The number of nitro benzene ring substituents is 1. The molecule has 2 aromatic carbocycles. The van der Waals surface area contributed by atoms with Crippen molar-refractivity contribution < 1.29 is 9.34 Å². The highest BCUT2D eigenvalue weighted by atomic mass is 79.9. The van der Waals surface area contributed by atoms with Gasteiger partial charge in [0.15, 0.2) is 5.58 Å². The van der Waals surface area contributed by atoms with Crippen LogP contribution in [0.25, 0.3) is 22.6 Å². The summed E-state index contributed by atoms with van der Waals surface area (Å²) in [6.07, 6.45) is 4.93. The highest BCUT2D eigenvalue weighted by molar-refractivity contribution is 9.10. The molecule has 27 heavy (non-hydrogen) atoms. The Morgan fingerprint density at radius 1 is 1.11 bits per heavy atom. The smallest absolute Gasteiger partial charge is 0.284 e. The van der Waals surface area contributed by atoms with Crippen LogP contribution in [0.4, 0.5) is 11.4 Å². The summed E-state index contributed by atoms with van der Waals surface area (Å²) in [7, 11) is 0. The van der Waals surface area contributed by atoms with Gasteiger partial charge in [-0.15, -0.1) is 0 Å². The number of halogens is 1. The van der Waals surface area contributed by atoms with E-state index in [1.54, 1.807) is 48.9 Å². The Bertz CT molecular complexity index is 1170. The molecule has 0 aliphatic rings. The van der Waals surface area contributed by atoms with Gasteiger partial charge in [0, 0.05) is 30.2 Å². The van der Waals surface area contributed by atoms with Crippen LogP contribution >= 0.6 is 15.9 Å². The first-order valence-electron chi connectivity index (χ1n) is 7.89. The van der Waals surface area contributed by atoms with E-state index >= 15 is 0 Å². The van der Waals surface area contributed by atoms with E-state index in [1.165, 1.54) is 6.07 Å². The first-order valence-corrected chi connectivity index (χ1v) is 8.68. The predicted octanol–water partition coefficient (Wildman–Crippen LogP) is 5.31. The third kappa shape index (κ3) is 3.61. The van der Waals surface area contributed by atoms with Crippen LogP contribution in [0.1, 0.15) is 5.56 Å². The summed E-state index contributed by atoms with van der Waals surface area (Å²) in [4.78, 5) is 23.4. The van der Waals surface area contributed by atoms with Crippen LogP contribution < -0.4 is 0 Å². The quantitative estimate of drug-likeness (QED) is 0.252. The van der Waals surface area contributed by atoms with Crippen molar-refractivity contribution in [2.24, 2.45) is 4.99 Å². The van der Waals surface area contributed by atoms with E-state index in [0.717, 1.165) is 5.56 Å². The molecular formula is C19H11BrN4O3. The van der Waals surface area contributed by atoms with Crippen LogP contribution in [0.5, 0.6) is 0 Å². The fourth-order valence-corrected chi connectivity index (χ4v) is 2.90. The molecule has 0 N–H and O–H groups in total. The second-order valence-corrected chi connectivity index (χ2v) is 6.49. The van der Waals surface area contributed by atoms with Crippen molar-refractivity contribution in [3.05, 3.63) is 81.1 Å². The fourth-order valence-electron chi connectivity index (χ4n) is 2.51. The summed E-state index contributed by atoms with van der Waals surface area (Å²) in [5, 5.41) is 11.0. The van der Waals surface area contributed by atoms with E-state index in [-0.39, 0.29) is 5.69 Å². The number of oxazole rings is 1. The topological polar surface area (TPSA) is 94.4 Å². The van der Waals surface area contributed by atoms with Gasteiger partial charge in [0.05, 0.1) is 15.1 Å². The molecule has 0 aliphatic heterocycles. The predicted molar refractivity (Wildman–Crippen MR) is 105 cm³/mol. The lowest BCUT2D eigenvalue weighted by atomic mass is 10.2. The molecule has 0 aliphatic carbocycles. The van der Waals surface area contributed by atoms with E-state index in [1.807, 2.05) is 12.1 Å². The van der Waals surface area contributed by atoms with Crippen LogP contribution in [0, 0.1) is 10.1 Å². The maximum absolute atomic E-state index is 11.0. The number of nitro groups is 1. The van der Waals surface area contributed by atoms with Crippen LogP contribution in [0.15, 0.2) is 74.8 Å². The molecule has 132 valence electrons. The van der Waals surface area contributed by atoms with Crippen molar-refractivity contribution in [1.29, 1.82) is 0 Å². The third-order valence-corrected chi connectivity index (χ3v) is 4.50. The number of aromatic nitrogens is 2. The summed E-state index contributed by atoms with van der Waals surface area (Å²) in [6.45, 7) is 0. The van der Waals surface area contributed by atoms with Gasteiger partial charge < -0.3 is 4.42 Å². The molecule has 2 heterocycles. The van der Waals surface area contributed by atoms with Crippen molar-refractivity contribution in [1.82, 2.24) is 9.97 Å². The van der Waals surface area contributed by atoms with E-state index in [2.05, 4.69) is 30.9 Å². The Balaban J connectivity index is 1.64. The zero-order valence-corrected chi connectivity index (χ0v) is 15.3. The van der Waals surface area contributed by atoms with Crippen molar-refractivity contribution in [2.75, 3.05) is 0 Å². The van der Waals surface area contributed by atoms with Gasteiger partial charge in [0.1, 0.15) is 5.52 Å². The molecule has 0 fully saturated rings. The fraction of sp³-hybridized carbons (Fsp3) is 0. The zero-order valence-electron chi connectivity index (χ0n) is 13.7. The van der Waals surface area contributed by atoms with Crippen LogP contribution in [-0.2, 0) is 0 Å². The number of hydrogen-bond donors (Lipinski definition) is 0. The number of aliphatic imine (C=N–C) groups is 1. The van der Waals surface area contributed by atoms with E-state index in [4.69, 9.17) is 4.42 Å². The monoisotopic (exact) mass is 422 g/mol. The average Bonchev–Trinajstić information content (AvgIpc) is 3.11. The largest absolute Gasteiger partial charge is 0.436 e. The first kappa shape index (κ1) is 17.0. The number of hydrogen-bond acceptors (Lipinski definition) is 6. The highest BCUT2D eigenvalue weighted by Gasteiger charge is 2.12. The second kappa shape index (κ2) is 7.08. The van der Waals surface area contributed by atoms with Crippen LogP contribution in [-0.4, -0.2) is 21.1 Å². The van der Waals surface area contributed by atoms with Gasteiger partial charge in [-0.2, -0.15) is 0 Å². The van der Waals surface area contributed by atoms with Crippen molar-refractivity contribution in [2.45, 2.75) is 0 Å². The summed E-state index contributed by atoms with van der Waals surface area (Å²) in [5.41, 5.74) is 3.46. The molecule has 0 amide bonds. The van der Waals surface area contributed by atoms with Gasteiger partial charge in [0.25, 0.3) is 5.69 Å². The van der Waals surface area contributed by atoms with Gasteiger partial charge in [-0.1, -0.05) is 6.07 Å². The number of nitrogens with zero attached hydrogens (tertiary/aromatic N) is 4. The number of fused-ring (bicyclic) bond motifs is 1. The summed E-state index contributed by atoms with van der Waals surface area (Å²) in [6, 6.07) is 13.9. The highest BCUT2D eigenvalue weighted by Crippen LogP contribution is 2.28. The lowest BCUT2D eigenvalue weighted by Gasteiger charge is -1.97. The zero-order chi connectivity index (χ0) is 18.8. The minimum atomic E-state index is -0.441. The first-order chi connectivity index (χ1) is 13.1. The standard InChI is InChI=1S/C19H11BrN4O3/c20-15-3-1-12(9-17(15)24(25)26)11-22-14-2-4-18-16(10-14)23-19(27-18)13-5-7-21-8-6-13/h1-11H. The van der Waals surface area contributed by atoms with Gasteiger partial charge in [-0.3, -0.25) is 20.1 Å². The summed E-state index contributed by atoms with van der Waals surface area (Å²) < 4.78 is 6.18. The SMILES string of the molecule is O=[N+]([O-])c1cc(C=Nc2ccc3oc(-c4ccncc4)nc3c2)ccc1Br. The minimum absolute atomic E-state index is 0.00658. The van der Waals surface area contributed by atoms with Gasteiger partial charge in [-0.05, 0) is 57.9 Å². The Hall–Kier alpha value is -3.39. The van der Waals surface area contributed by atoms with Crippen molar-refractivity contribution >= 4 is 44.6 Å². The molecule has 0 saturated heterocycles. The molecule has 0 unspecified atom stereocenters. The normalized spacial score (nSPS) is 11.3. The molecule has 0 radical (unpaired) electrons. The maximum Gasteiger partial charge on any atom is 0.284 e. The maximum atomic E-state index is 11.0. The van der Waals surface area contributed by atoms with Gasteiger partial charge in [0.2, 0.25) is 5.89 Å². The molecular weight excluding hydrogens is 412 g/mol. The van der Waals surface area contributed by atoms with Crippen molar-refractivity contribution in [3.8, 4) is 11.5 Å². The molecule has 4 rings (SSSR count). The third-order valence-electron chi connectivity index (χ3n) is 3.83. The Labute approximate surface area is 161 Å². The average molecular weight is 423 g/mol. The Morgan fingerprint density at radius 2 is 1.93 bits per heavy atom. The number of benzene rings is 2. The van der Waals surface area contributed by atoms with Gasteiger partial charge >= 0.3 is 0 Å². The van der Waals surface area contributed by atoms with E-state index in [0.29, 0.717) is 32.7 Å². The molecule has 0 atom stereocenters. The molecule has 4 aromatic rings. The van der Waals surface area contributed by atoms with Crippen LogP contribution in [0.2, 0.25) is 0 Å². The van der Waals surface area contributed by atoms with E-state index < -0.39 is 4.92 Å². The summed E-state index contributed by atoms with van der Waals surface area (Å²) >= 11 is 3.17. The molecule has 8 heteroatoms. The minimum Gasteiger partial charge on any atom is -0.436 e. The van der Waals surface area contributed by atoms with Crippen LogP contribution in [0.3, 0.4) is 0 Å². The Morgan fingerprint density at radius 3 is 2.70 bits per heavy atom. The lowest BCUT2D eigenvalue weighted by molar-refractivity contribution is -0.385. The molecule has 2 aromatic heterocycles. The molecule has 0 saturated carbocycles. The number of rotatable bonds is 4. The molecule has 7 nitrogen and oxygen atoms in total. The second-order valence-electron chi connectivity index (χ2n) is 5.63. The van der Waals surface area contributed by atoms with E-state index in [9.17, 15) is 10.1 Å². The molecule has 0 spiro atoms. The Kier molecular flexibility index (Phi) is 4.47. The number of pyridine rings is 1. The lowest BCUT2D eigenvalue weighted by Crippen LogP contribution is -1.91. The summed E-state index contributed by atoms with van der Waals surface area (Å²) in [5.74, 6) is 0.511.